The molecule has 0 atom stereocenters. The highest BCUT2D eigenvalue weighted by Crippen LogP contribution is 2.36. The van der Waals surface area contributed by atoms with Gasteiger partial charge in [0.2, 0.25) is 5.13 Å². The van der Waals surface area contributed by atoms with Gasteiger partial charge in [0.05, 0.1) is 16.5 Å². The van der Waals surface area contributed by atoms with Crippen molar-refractivity contribution in [2.24, 2.45) is 0 Å². The fraction of sp³-hybridized carbons (Fsp3) is 0.222. The van der Waals surface area contributed by atoms with Gasteiger partial charge in [0.1, 0.15) is 4.21 Å². The molecule has 4 rings (SSSR count). The van der Waals surface area contributed by atoms with Crippen LogP contribution in [0, 0.1) is 6.92 Å². The Bertz CT molecular complexity index is 1190. The molecular weight excluding hydrogens is 436 g/mol. The molecule has 146 valence electrons. The average molecular weight is 453 g/mol. The van der Waals surface area contributed by atoms with Crippen molar-refractivity contribution in [3.8, 4) is 0 Å². The summed E-state index contributed by atoms with van der Waals surface area (Å²) in [6, 6.07) is 7.03. The van der Waals surface area contributed by atoms with Crippen LogP contribution in [0.25, 0.3) is 10.2 Å². The normalized spacial score (nSPS) is 11.9. The van der Waals surface area contributed by atoms with Crippen LogP contribution in [0.15, 0.2) is 52.6 Å². The number of nitrogens with zero attached hydrogens (tertiary/aromatic N) is 4. The Kier molecular flexibility index (Phi) is 5.42. The fourth-order valence-corrected chi connectivity index (χ4v) is 7.12. The SMILES string of the molecule is Cc1cc(Cl)cc2sc(N(CCCn3ccnc3)S(=O)(=O)c3cccs3)nc12. The van der Waals surface area contributed by atoms with Crippen LogP contribution in [0.1, 0.15) is 12.0 Å². The zero-order valence-electron chi connectivity index (χ0n) is 14.9. The predicted octanol–water partition coefficient (Wildman–Crippen LogP) is 4.80. The molecule has 3 aromatic heterocycles. The number of anilines is 1. The highest BCUT2D eigenvalue weighted by molar-refractivity contribution is 7.95. The number of fused-ring (bicyclic) bond motifs is 1. The maximum atomic E-state index is 13.3. The van der Waals surface area contributed by atoms with Crippen molar-refractivity contribution < 1.29 is 8.42 Å². The fourth-order valence-electron chi connectivity index (χ4n) is 2.90. The van der Waals surface area contributed by atoms with Gasteiger partial charge < -0.3 is 4.57 Å². The van der Waals surface area contributed by atoms with E-state index in [1.165, 1.54) is 27.0 Å². The van der Waals surface area contributed by atoms with Crippen LogP contribution in [0.4, 0.5) is 5.13 Å². The number of imidazole rings is 1. The van der Waals surface area contributed by atoms with Crippen LogP contribution in [0.3, 0.4) is 0 Å². The van der Waals surface area contributed by atoms with Crippen LogP contribution in [-0.4, -0.2) is 29.5 Å². The molecule has 28 heavy (non-hydrogen) atoms. The van der Waals surface area contributed by atoms with Crippen molar-refractivity contribution in [3.63, 3.8) is 0 Å². The third-order valence-corrected chi connectivity index (χ3v) is 8.75. The molecule has 0 bridgehead atoms. The minimum atomic E-state index is -3.68. The Hall–Kier alpha value is -1.94. The first kappa shape index (κ1) is 19.4. The van der Waals surface area contributed by atoms with Crippen LogP contribution in [-0.2, 0) is 16.6 Å². The van der Waals surface area contributed by atoms with Crippen molar-refractivity contribution in [3.05, 3.63) is 59.0 Å². The zero-order valence-corrected chi connectivity index (χ0v) is 18.2. The smallest absolute Gasteiger partial charge is 0.275 e. The Morgan fingerprint density at radius 3 is 2.89 bits per heavy atom. The van der Waals surface area contributed by atoms with Gasteiger partial charge in [-0.1, -0.05) is 29.0 Å². The van der Waals surface area contributed by atoms with Gasteiger partial charge in [0.15, 0.2) is 0 Å². The molecule has 0 N–H and O–H groups in total. The largest absolute Gasteiger partial charge is 0.337 e. The lowest BCUT2D eigenvalue weighted by molar-refractivity contribution is 0.585. The summed E-state index contributed by atoms with van der Waals surface area (Å²) in [4.78, 5) is 8.66. The number of hydrogen-bond donors (Lipinski definition) is 0. The third kappa shape index (κ3) is 3.80. The van der Waals surface area contributed by atoms with Crippen molar-refractivity contribution in [1.82, 2.24) is 14.5 Å². The maximum Gasteiger partial charge on any atom is 0.275 e. The summed E-state index contributed by atoms with van der Waals surface area (Å²) in [5.41, 5.74) is 1.71. The van der Waals surface area contributed by atoms with E-state index in [-0.39, 0.29) is 0 Å². The Labute approximate surface area is 176 Å². The summed E-state index contributed by atoms with van der Waals surface area (Å²) in [6.07, 6.45) is 5.93. The van der Waals surface area contributed by atoms with Crippen molar-refractivity contribution in [1.29, 1.82) is 0 Å². The van der Waals surface area contributed by atoms with Gasteiger partial charge in [0, 0.05) is 30.5 Å². The van der Waals surface area contributed by atoms with E-state index < -0.39 is 10.0 Å². The number of benzene rings is 1. The highest BCUT2D eigenvalue weighted by atomic mass is 35.5. The van der Waals surface area contributed by atoms with Gasteiger partial charge in [-0.05, 0) is 42.5 Å². The molecule has 3 heterocycles. The second-order valence-corrected chi connectivity index (χ2v) is 10.7. The van der Waals surface area contributed by atoms with Crippen molar-refractivity contribution >= 4 is 59.6 Å². The molecule has 0 radical (unpaired) electrons. The lowest BCUT2D eigenvalue weighted by Crippen LogP contribution is -2.32. The molecule has 0 amide bonds. The summed E-state index contributed by atoms with van der Waals surface area (Å²) in [5, 5.41) is 2.84. The quantitative estimate of drug-likeness (QED) is 0.404. The van der Waals surface area contributed by atoms with Gasteiger partial charge in [-0.3, -0.25) is 0 Å². The number of thiazole rings is 1. The molecule has 0 saturated heterocycles. The third-order valence-electron chi connectivity index (χ3n) is 4.23. The van der Waals surface area contributed by atoms with Gasteiger partial charge in [-0.25, -0.2) is 22.7 Å². The lowest BCUT2D eigenvalue weighted by Gasteiger charge is -2.20. The number of hydrogen-bond acceptors (Lipinski definition) is 6. The monoisotopic (exact) mass is 452 g/mol. The van der Waals surface area contributed by atoms with E-state index in [2.05, 4.69) is 9.97 Å². The Morgan fingerprint density at radius 1 is 1.32 bits per heavy atom. The summed E-state index contributed by atoms with van der Waals surface area (Å²) in [7, 11) is -3.68. The minimum Gasteiger partial charge on any atom is -0.337 e. The van der Waals surface area contributed by atoms with E-state index >= 15 is 0 Å². The molecule has 0 spiro atoms. The molecule has 4 aromatic rings. The van der Waals surface area contributed by atoms with Crippen LogP contribution in [0.2, 0.25) is 5.02 Å². The van der Waals surface area contributed by atoms with E-state index in [9.17, 15) is 8.42 Å². The standard InChI is InChI=1S/C18H17ClN4O2S3/c1-13-10-14(19)11-15-17(13)21-18(27-15)23(7-3-6-22-8-5-20-12-22)28(24,25)16-4-2-9-26-16/h2,4-5,8-12H,3,6-7H2,1H3. The molecule has 0 aliphatic carbocycles. The first-order valence-electron chi connectivity index (χ1n) is 8.54. The van der Waals surface area contributed by atoms with Crippen LogP contribution < -0.4 is 4.31 Å². The van der Waals surface area contributed by atoms with E-state index in [0.29, 0.717) is 33.9 Å². The molecule has 0 fully saturated rings. The number of aryl methyl sites for hydroxylation is 2. The zero-order chi connectivity index (χ0) is 19.7. The maximum absolute atomic E-state index is 13.3. The summed E-state index contributed by atoms with van der Waals surface area (Å²) < 4.78 is 31.1. The molecule has 10 heteroatoms. The summed E-state index contributed by atoms with van der Waals surface area (Å²) >= 11 is 8.71. The first-order valence-corrected chi connectivity index (χ1v) is 12.1. The van der Waals surface area contributed by atoms with E-state index in [0.717, 1.165) is 15.8 Å². The average Bonchev–Trinajstić information content (AvgIpc) is 3.38. The van der Waals surface area contributed by atoms with Crippen LogP contribution in [0.5, 0.6) is 0 Å². The highest BCUT2D eigenvalue weighted by Gasteiger charge is 2.28. The molecule has 1 aromatic carbocycles. The number of aromatic nitrogens is 3. The molecule has 0 aliphatic heterocycles. The van der Waals surface area contributed by atoms with Crippen molar-refractivity contribution in [2.75, 3.05) is 10.8 Å². The lowest BCUT2D eigenvalue weighted by atomic mass is 10.2. The molecule has 6 nitrogen and oxygen atoms in total. The van der Waals surface area contributed by atoms with Gasteiger partial charge in [-0.15, -0.1) is 11.3 Å². The molecule has 0 aliphatic rings. The van der Waals surface area contributed by atoms with E-state index in [1.807, 2.05) is 29.8 Å². The molecule has 0 unspecified atom stereocenters. The topological polar surface area (TPSA) is 68.1 Å². The molecule has 0 saturated carbocycles. The van der Waals surface area contributed by atoms with Crippen molar-refractivity contribution in [2.45, 2.75) is 24.1 Å². The van der Waals surface area contributed by atoms with E-state index in [1.54, 1.807) is 30.0 Å². The van der Waals surface area contributed by atoms with Gasteiger partial charge in [-0.2, -0.15) is 0 Å². The second kappa shape index (κ2) is 7.82. The number of rotatable bonds is 7. The Balaban J connectivity index is 1.71. The number of halogens is 1. The number of thiophene rings is 1. The second-order valence-electron chi connectivity index (χ2n) is 6.23. The van der Waals surface area contributed by atoms with Gasteiger partial charge >= 0.3 is 0 Å². The number of sulfonamides is 1. The predicted molar refractivity (Wildman–Crippen MR) is 115 cm³/mol. The van der Waals surface area contributed by atoms with Crippen LogP contribution >= 0.6 is 34.3 Å². The Morgan fingerprint density at radius 2 is 2.18 bits per heavy atom. The first-order chi connectivity index (χ1) is 13.4. The minimum absolute atomic E-state index is 0.309. The van der Waals surface area contributed by atoms with E-state index in [4.69, 9.17) is 11.6 Å². The summed E-state index contributed by atoms with van der Waals surface area (Å²) in [6.45, 7) is 2.92. The molecular formula is C18H17ClN4O2S3. The summed E-state index contributed by atoms with van der Waals surface area (Å²) in [5.74, 6) is 0. The van der Waals surface area contributed by atoms with Gasteiger partial charge in [0.25, 0.3) is 10.0 Å².